The van der Waals surface area contributed by atoms with Gasteiger partial charge < -0.3 is 4.74 Å². The second-order valence-corrected chi connectivity index (χ2v) is 3.56. The van der Waals surface area contributed by atoms with Gasteiger partial charge in [0.15, 0.2) is 0 Å². The van der Waals surface area contributed by atoms with Crippen LogP contribution in [0.5, 0.6) is 5.75 Å². The minimum Gasteiger partial charge on any atom is -0.497 e. The molecule has 0 spiro atoms. The van der Waals surface area contributed by atoms with E-state index in [9.17, 15) is 0 Å². The molecule has 0 atom stereocenters. The van der Waals surface area contributed by atoms with Crippen molar-refractivity contribution in [3.63, 3.8) is 0 Å². The quantitative estimate of drug-likeness (QED) is 0.681. The van der Waals surface area contributed by atoms with Gasteiger partial charge in [-0.25, -0.2) is 0 Å². The van der Waals surface area contributed by atoms with E-state index in [0.29, 0.717) is 0 Å². The summed E-state index contributed by atoms with van der Waals surface area (Å²) in [5, 5.41) is 0. The fourth-order valence-electron chi connectivity index (χ4n) is 1.42. The Labute approximate surface area is 97.8 Å². The standard InChI is InChI=1S/C15H18O/c1-5-12(3)11-13(6-2)14-7-9-15(16-4)10-8-14/h5-11H,1H2,2-4H3/b12-11-,13-6+. The molecule has 1 aromatic rings. The maximum Gasteiger partial charge on any atom is 0.118 e. The highest BCUT2D eigenvalue weighted by molar-refractivity contribution is 5.75. The van der Waals surface area contributed by atoms with E-state index in [1.54, 1.807) is 7.11 Å². The van der Waals surface area contributed by atoms with Gasteiger partial charge in [0.2, 0.25) is 0 Å². The van der Waals surface area contributed by atoms with Gasteiger partial charge in [-0.15, -0.1) is 0 Å². The lowest BCUT2D eigenvalue weighted by Crippen LogP contribution is -1.85. The molecule has 0 aliphatic carbocycles. The number of benzene rings is 1. The average molecular weight is 214 g/mol. The topological polar surface area (TPSA) is 9.23 Å². The van der Waals surface area contributed by atoms with E-state index in [1.165, 1.54) is 11.1 Å². The Morgan fingerprint density at radius 3 is 2.31 bits per heavy atom. The molecule has 0 bridgehead atoms. The van der Waals surface area contributed by atoms with E-state index in [-0.39, 0.29) is 0 Å². The molecule has 1 aromatic carbocycles. The molecular weight excluding hydrogens is 196 g/mol. The van der Waals surface area contributed by atoms with Crippen LogP contribution in [-0.2, 0) is 0 Å². The molecular formula is C15H18O. The molecule has 0 saturated heterocycles. The molecule has 0 aromatic heterocycles. The molecule has 84 valence electrons. The third-order valence-corrected chi connectivity index (χ3v) is 2.44. The molecule has 0 amide bonds. The second-order valence-electron chi connectivity index (χ2n) is 3.56. The van der Waals surface area contributed by atoms with Crippen LogP contribution in [0.1, 0.15) is 19.4 Å². The van der Waals surface area contributed by atoms with Gasteiger partial charge in [0.05, 0.1) is 7.11 Å². The number of allylic oxidation sites excluding steroid dienone is 5. The Morgan fingerprint density at radius 2 is 1.88 bits per heavy atom. The molecule has 0 saturated carbocycles. The van der Waals surface area contributed by atoms with Crippen LogP contribution in [-0.4, -0.2) is 7.11 Å². The first-order chi connectivity index (χ1) is 7.71. The van der Waals surface area contributed by atoms with Crippen molar-refractivity contribution in [3.05, 3.63) is 60.2 Å². The predicted molar refractivity (Wildman–Crippen MR) is 70.6 cm³/mol. The lowest BCUT2D eigenvalue weighted by atomic mass is 10.0. The van der Waals surface area contributed by atoms with Crippen LogP contribution in [0.3, 0.4) is 0 Å². The van der Waals surface area contributed by atoms with E-state index in [1.807, 2.05) is 32.1 Å². The van der Waals surface area contributed by atoms with E-state index < -0.39 is 0 Å². The molecule has 0 aliphatic rings. The average Bonchev–Trinajstić information content (AvgIpc) is 2.35. The van der Waals surface area contributed by atoms with Crippen molar-refractivity contribution < 1.29 is 4.74 Å². The summed E-state index contributed by atoms with van der Waals surface area (Å²) in [5.74, 6) is 0.878. The summed E-state index contributed by atoms with van der Waals surface area (Å²) in [6.45, 7) is 7.83. The van der Waals surface area contributed by atoms with Gasteiger partial charge in [-0.3, -0.25) is 0 Å². The van der Waals surface area contributed by atoms with Crippen LogP contribution >= 0.6 is 0 Å². The number of hydrogen-bond acceptors (Lipinski definition) is 1. The minimum atomic E-state index is 0.878. The van der Waals surface area contributed by atoms with Crippen molar-refractivity contribution in [3.8, 4) is 5.75 Å². The predicted octanol–water partition coefficient (Wildman–Crippen LogP) is 4.23. The van der Waals surface area contributed by atoms with Crippen LogP contribution in [0.2, 0.25) is 0 Å². The highest BCUT2D eigenvalue weighted by Crippen LogP contribution is 2.20. The molecule has 1 heteroatoms. The molecule has 1 nitrogen and oxygen atoms in total. The third kappa shape index (κ3) is 3.13. The Hall–Kier alpha value is -1.76. The van der Waals surface area contributed by atoms with Gasteiger partial charge in [-0.05, 0) is 37.1 Å². The maximum atomic E-state index is 5.13. The van der Waals surface area contributed by atoms with E-state index in [2.05, 4.69) is 30.9 Å². The number of ether oxygens (including phenoxy) is 1. The Bertz CT molecular complexity index is 408. The van der Waals surface area contributed by atoms with Crippen molar-refractivity contribution in [1.82, 2.24) is 0 Å². The number of hydrogen-bond donors (Lipinski definition) is 0. The molecule has 1 rings (SSSR count). The van der Waals surface area contributed by atoms with Crippen molar-refractivity contribution >= 4 is 5.57 Å². The Kier molecular flexibility index (Phi) is 4.59. The van der Waals surface area contributed by atoms with Crippen molar-refractivity contribution in [1.29, 1.82) is 0 Å². The van der Waals surface area contributed by atoms with E-state index >= 15 is 0 Å². The SMILES string of the molecule is C=C/C(C)=C\C(=C/C)c1ccc(OC)cc1. The summed E-state index contributed by atoms with van der Waals surface area (Å²) in [6, 6.07) is 8.05. The van der Waals surface area contributed by atoms with Crippen LogP contribution in [0, 0.1) is 0 Å². The van der Waals surface area contributed by atoms with Gasteiger partial charge >= 0.3 is 0 Å². The summed E-state index contributed by atoms with van der Waals surface area (Å²) < 4.78 is 5.13. The van der Waals surface area contributed by atoms with Gasteiger partial charge in [-0.1, -0.05) is 42.5 Å². The van der Waals surface area contributed by atoms with Crippen LogP contribution in [0.4, 0.5) is 0 Å². The summed E-state index contributed by atoms with van der Waals surface area (Å²) in [5.41, 5.74) is 3.54. The molecule has 0 aliphatic heterocycles. The number of rotatable bonds is 4. The summed E-state index contributed by atoms with van der Waals surface area (Å²) in [7, 11) is 1.67. The zero-order chi connectivity index (χ0) is 12.0. The van der Waals surface area contributed by atoms with E-state index in [4.69, 9.17) is 4.74 Å². The number of methoxy groups -OCH3 is 1. The zero-order valence-corrected chi connectivity index (χ0v) is 10.2. The highest BCUT2D eigenvalue weighted by Gasteiger charge is 1.98. The molecule has 0 fully saturated rings. The minimum absolute atomic E-state index is 0.878. The first kappa shape index (κ1) is 12.3. The van der Waals surface area contributed by atoms with Crippen LogP contribution in [0.15, 0.2) is 54.6 Å². The summed E-state index contributed by atoms with van der Waals surface area (Å²) >= 11 is 0. The lowest BCUT2D eigenvalue weighted by molar-refractivity contribution is 0.415. The molecule has 0 radical (unpaired) electrons. The van der Waals surface area contributed by atoms with Crippen LogP contribution < -0.4 is 4.74 Å². The third-order valence-electron chi connectivity index (χ3n) is 2.44. The zero-order valence-electron chi connectivity index (χ0n) is 10.2. The molecule has 0 heterocycles. The van der Waals surface area contributed by atoms with Gasteiger partial charge in [-0.2, -0.15) is 0 Å². The Morgan fingerprint density at radius 1 is 1.25 bits per heavy atom. The lowest BCUT2D eigenvalue weighted by Gasteiger charge is -2.05. The fourth-order valence-corrected chi connectivity index (χ4v) is 1.42. The maximum absolute atomic E-state index is 5.13. The van der Waals surface area contributed by atoms with Crippen molar-refractivity contribution in [2.75, 3.05) is 7.11 Å². The van der Waals surface area contributed by atoms with Crippen molar-refractivity contribution in [2.24, 2.45) is 0 Å². The molecule has 0 unspecified atom stereocenters. The fraction of sp³-hybridized carbons (Fsp3) is 0.200. The smallest absolute Gasteiger partial charge is 0.118 e. The second kappa shape index (κ2) is 5.96. The van der Waals surface area contributed by atoms with Gasteiger partial charge in [0.1, 0.15) is 5.75 Å². The molecule has 16 heavy (non-hydrogen) atoms. The van der Waals surface area contributed by atoms with E-state index in [0.717, 1.165) is 11.3 Å². The van der Waals surface area contributed by atoms with Crippen LogP contribution in [0.25, 0.3) is 5.57 Å². The first-order valence-electron chi connectivity index (χ1n) is 5.32. The van der Waals surface area contributed by atoms with Crippen molar-refractivity contribution in [2.45, 2.75) is 13.8 Å². The Balaban J connectivity index is 3.01. The summed E-state index contributed by atoms with van der Waals surface area (Å²) in [4.78, 5) is 0. The molecule has 0 N–H and O–H groups in total. The largest absolute Gasteiger partial charge is 0.497 e. The monoisotopic (exact) mass is 214 g/mol. The van der Waals surface area contributed by atoms with Gasteiger partial charge in [0, 0.05) is 0 Å². The van der Waals surface area contributed by atoms with Gasteiger partial charge in [0.25, 0.3) is 0 Å². The first-order valence-corrected chi connectivity index (χ1v) is 5.32. The highest BCUT2D eigenvalue weighted by atomic mass is 16.5. The summed E-state index contributed by atoms with van der Waals surface area (Å²) in [6.07, 6.45) is 6.07. The normalized spacial score (nSPS) is 12.4.